The number of non-ortho nitro benzene ring substituents is 1. The van der Waals surface area contributed by atoms with E-state index < -0.39 is 4.92 Å². The van der Waals surface area contributed by atoms with Crippen LogP contribution in [0.5, 0.6) is 0 Å². The van der Waals surface area contributed by atoms with Gasteiger partial charge in [-0.3, -0.25) is 10.1 Å². The van der Waals surface area contributed by atoms with Gasteiger partial charge in [-0.05, 0) is 13.0 Å². The van der Waals surface area contributed by atoms with Gasteiger partial charge in [-0.2, -0.15) is 0 Å². The molecule has 6 nitrogen and oxygen atoms in total. The van der Waals surface area contributed by atoms with Crippen LogP contribution in [-0.4, -0.2) is 21.9 Å². The quantitative estimate of drug-likeness (QED) is 0.662. The van der Waals surface area contributed by atoms with E-state index in [1.54, 1.807) is 25.2 Å². The first-order valence-corrected chi connectivity index (χ1v) is 5.38. The molecule has 0 saturated carbocycles. The fraction of sp³-hybridized carbons (Fsp3) is 0.167. The standard InChI is InChI=1S/C12H12N4O2/c1-8-6-11(15-12(13-2)14-8)9-4-3-5-10(7-9)16(17)18/h3-7H,1-2H3,(H,13,14,15). The van der Waals surface area contributed by atoms with Crippen LogP contribution in [0.15, 0.2) is 30.3 Å². The first kappa shape index (κ1) is 12.0. The molecule has 1 heterocycles. The second-order valence-electron chi connectivity index (χ2n) is 3.78. The van der Waals surface area contributed by atoms with Crippen molar-refractivity contribution in [2.45, 2.75) is 6.92 Å². The second-order valence-corrected chi connectivity index (χ2v) is 3.78. The molecule has 0 aliphatic heterocycles. The molecule has 1 N–H and O–H groups in total. The molecule has 0 amide bonds. The summed E-state index contributed by atoms with van der Waals surface area (Å²) in [5.41, 5.74) is 2.22. The van der Waals surface area contributed by atoms with Crippen molar-refractivity contribution in [3.8, 4) is 11.3 Å². The van der Waals surface area contributed by atoms with Crippen LogP contribution in [0.25, 0.3) is 11.3 Å². The Morgan fingerprint density at radius 3 is 2.72 bits per heavy atom. The zero-order valence-corrected chi connectivity index (χ0v) is 10.0. The van der Waals surface area contributed by atoms with E-state index in [1.807, 2.05) is 6.92 Å². The summed E-state index contributed by atoms with van der Waals surface area (Å²) in [5.74, 6) is 0.497. The van der Waals surface area contributed by atoms with Crippen molar-refractivity contribution >= 4 is 11.6 Å². The number of anilines is 1. The Morgan fingerprint density at radius 1 is 1.28 bits per heavy atom. The number of hydrogen-bond donors (Lipinski definition) is 1. The number of rotatable bonds is 3. The van der Waals surface area contributed by atoms with Crippen LogP contribution < -0.4 is 5.32 Å². The topological polar surface area (TPSA) is 81.0 Å². The number of benzene rings is 1. The summed E-state index contributed by atoms with van der Waals surface area (Å²) in [6, 6.07) is 8.18. The molecule has 0 spiro atoms. The van der Waals surface area contributed by atoms with E-state index >= 15 is 0 Å². The number of nitrogens with one attached hydrogen (secondary N) is 1. The summed E-state index contributed by atoms with van der Waals surface area (Å²) in [6.07, 6.45) is 0. The third-order valence-corrected chi connectivity index (χ3v) is 2.43. The lowest BCUT2D eigenvalue weighted by atomic mass is 10.1. The van der Waals surface area contributed by atoms with Gasteiger partial charge in [0.05, 0.1) is 10.6 Å². The van der Waals surface area contributed by atoms with Crippen molar-refractivity contribution in [1.82, 2.24) is 9.97 Å². The Bertz CT molecular complexity index is 598. The molecule has 1 aromatic carbocycles. The van der Waals surface area contributed by atoms with E-state index in [2.05, 4.69) is 15.3 Å². The SMILES string of the molecule is CNc1nc(C)cc(-c2cccc([N+](=O)[O-])c2)n1. The molecule has 0 unspecified atom stereocenters. The molecular formula is C12H12N4O2. The van der Waals surface area contributed by atoms with E-state index in [9.17, 15) is 10.1 Å². The number of hydrogen-bond acceptors (Lipinski definition) is 5. The molecule has 0 atom stereocenters. The highest BCUT2D eigenvalue weighted by Gasteiger charge is 2.09. The predicted molar refractivity (Wildman–Crippen MR) is 68.4 cm³/mol. The van der Waals surface area contributed by atoms with Crippen LogP contribution in [0.3, 0.4) is 0 Å². The average molecular weight is 244 g/mol. The van der Waals surface area contributed by atoms with Gasteiger partial charge in [0.1, 0.15) is 0 Å². The number of nitro benzene ring substituents is 1. The normalized spacial score (nSPS) is 10.1. The summed E-state index contributed by atoms with van der Waals surface area (Å²) in [4.78, 5) is 18.8. The van der Waals surface area contributed by atoms with Crippen molar-refractivity contribution in [2.75, 3.05) is 12.4 Å². The van der Waals surface area contributed by atoms with Gasteiger partial charge in [-0.1, -0.05) is 12.1 Å². The van der Waals surface area contributed by atoms with E-state index in [1.165, 1.54) is 12.1 Å². The van der Waals surface area contributed by atoms with Gasteiger partial charge in [0, 0.05) is 30.4 Å². The smallest absolute Gasteiger partial charge is 0.270 e. The maximum Gasteiger partial charge on any atom is 0.270 e. The molecule has 0 fully saturated rings. The summed E-state index contributed by atoms with van der Waals surface area (Å²) in [6.45, 7) is 1.85. The minimum Gasteiger partial charge on any atom is -0.357 e. The Balaban J connectivity index is 2.51. The molecule has 2 rings (SSSR count). The van der Waals surface area contributed by atoms with Gasteiger partial charge in [0.2, 0.25) is 5.95 Å². The number of aryl methyl sites for hydroxylation is 1. The molecular weight excluding hydrogens is 232 g/mol. The van der Waals surface area contributed by atoms with Crippen LogP contribution in [0, 0.1) is 17.0 Å². The first-order valence-electron chi connectivity index (χ1n) is 5.38. The molecule has 92 valence electrons. The van der Waals surface area contributed by atoms with E-state index in [-0.39, 0.29) is 5.69 Å². The van der Waals surface area contributed by atoms with Crippen molar-refractivity contribution in [3.63, 3.8) is 0 Å². The number of aromatic nitrogens is 2. The van der Waals surface area contributed by atoms with Gasteiger partial charge < -0.3 is 5.32 Å². The molecule has 0 aliphatic carbocycles. The van der Waals surface area contributed by atoms with Crippen molar-refractivity contribution in [1.29, 1.82) is 0 Å². The van der Waals surface area contributed by atoms with Crippen molar-refractivity contribution in [3.05, 3.63) is 46.1 Å². The van der Waals surface area contributed by atoms with Gasteiger partial charge >= 0.3 is 0 Å². The van der Waals surface area contributed by atoms with Gasteiger partial charge in [0.25, 0.3) is 5.69 Å². The molecule has 2 aromatic rings. The first-order chi connectivity index (χ1) is 8.60. The van der Waals surface area contributed by atoms with Gasteiger partial charge in [0.15, 0.2) is 0 Å². The zero-order valence-electron chi connectivity index (χ0n) is 10.0. The number of nitro groups is 1. The summed E-state index contributed by atoms with van der Waals surface area (Å²) >= 11 is 0. The maximum absolute atomic E-state index is 10.7. The minimum absolute atomic E-state index is 0.0507. The summed E-state index contributed by atoms with van der Waals surface area (Å²) in [5, 5.41) is 13.6. The fourth-order valence-electron chi connectivity index (χ4n) is 1.61. The van der Waals surface area contributed by atoms with Crippen LogP contribution in [0.4, 0.5) is 11.6 Å². The molecule has 6 heteroatoms. The molecule has 0 saturated heterocycles. The molecule has 0 aliphatic rings. The Hall–Kier alpha value is -2.50. The average Bonchev–Trinajstić information content (AvgIpc) is 2.38. The molecule has 1 aromatic heterocycles. The largest absolute Gasteiger partial charge is 0.357 e. The minimum atomic E-state index is -0.420. The van der Waals surface area contributed by atoms with Crippen LogP contribution in [0.2, 0.25) is 0 Å². The zero-order chi connectivity index (χ0) is 13.1. The maximum atomic E-state index is 10.7. The van der Waals surface area contributed by atoms with Crippen LogP contribution >= 0.6 is 0 Å². The monoisotopic (exact) mass is 244 g/mol. The highest BCUT2D eigenvalue weighted by Crippen LogP contribution is 2.23. The van der Waals surface area contributed by atoms with E-state index in [0.29, 0.717) is 17.2 Å². The second kappa shape index (κ2) is 4.79. The third-order valence-electron chi connectivity index (χ3n) is 2.43. The van der Waals surface area contributed by atoms with Crippen LogP contribution in [0.1, 0.15) is 5.69 Å². The Kier molecular flexibility index (Phi) is 3.18. The lowest BCUT2D eigenvalue weighted by molar-refractivity contribution is -0.384. The van der Waals surface area contributed by atoms with Gasteiger partial charge in [-0.25, -0.2) is 9.97 Å². The highest BCUT2D eigenvalue weighted by atomic mass is 16.6. The van der Waals surface area contributed by atoms with Crippen molar-refractivity contribution in [2.24, 2.45) is 0 Å². The van der Waals surface area contributed by atoms with Crippen molar-refractivity contribution < 1.29 is 4.92 Å². The van der Waals surface area contributed by atoms with Crippen LogP contribution in [-0.2, 0) is 0 Å². The third kappa shape index (κ3) is 2.42. The molecule has 18 heavy (non-hydrogen) atoms. The number of nitrogens with zero attached hydrogens (tertiary/aromatic N) is 3. The molecule has 0 bridgehead atoms. The van der Waals surface area contributed by atoms with Gasteiger partial charge in [-0.15, -0.1) is 0 Å². The predicted octanol–water partition coefficient (Wildman–Crippen LogP) is 2.40. The highest BCUT2D eigenvalue weighted by molar-refractivity contribution is 5.63. The molecule has 0 radical (unpaired) electrons. The summed E-state index contributed by atoms with van der Waals surface area (Å²) < 4.78 is 0. The Labute approximate surface area is 104 Å². The lowest BCUT2D eigenvalue weighted by Gasteiger charge is -2.05. The summed E-state index contributed by atoms with van der Waals surface area (Å²) in [7, 11) is 1.73. The fourth-order valence-corrected chi connectivity index (χ4v) is 1.61. The Morgan fingerprint density at radius 2 is 2.06 bits per heavy atom. The lowest BCUT2D eigenvalue weighted by Crippen LogP contribution is -1.99. The van der Waals surface area contributed by atoms with E-state index in [4.69, 9.17) is 0 Å². The van der Waals surface area contributed by atoms with E-state index in [0.717, 1.165) is 5.69 Å².